The minimum atomic E-state index is -0.193. The number of nitrogens with one attached hydrogen (secondary N) is 1. The van der Waals surface area contributed by atoms with Gasteiger partial charge in [0.15, 0.2) is 0 Å². The van der Waals surface area contributed by atoms with Crippen molar-refractivity contribution in [2.75, 3.05) is 11.9 Å². The molecule has 3 N–H and O–H groups in total. The smallest absolute Gasteiger partial charge is 0.231 e. The van der Waals surface area contributed by atoms with E-state index in [0.717, 1.165) is 0 Å². The number of aromatic nitrogens is 3. The molecule has 6 nitrogen and oxygen atoms in total. The van der Waals surface area contributed by atoms with Crippen LogP contribution in [0.25, 0.3) is 0 Å². The van der Waals surface area contributed by atoms with Crippen molar-refractivity contribution in [1.82, 2.24) is 14.8 Å². The lowest BCUT2D eigenvalue weighted by Gasteiger charge is -2.17. The fraction of sp³-hybridized carbons (Fsp3) is 0.667. The summed E-state index contributed by atoms with van der Waals surface area (Å²) in [7, 11) is 1.72. The van der Waals surface area contributed by atoms with Crippen molar-refractivity contribution in [3.63, 3.8) is 0 Å². The fourth-order valence-corrected chi connectivity index (χ4v) is 1.29. The number of rotatable bonds is 4. The largest absolute Gasteiger partial charge is 0.330 e. The first-order valence-corrected chi connectivity index (χ1v) is 4.91. The van der Waals surface area contributed by atoms with Crippen molar-refractivity contribution in [3.05, 3.63) is 6.33 Å². The van der Waals surface area contributed by atoms with Crippen molar-refractivity contribution in [2.24, 2.45) is 24.6 Å². The van der Waals surface area contributed by atoms with Gasteiger partial charge in [-0.25, -0.2) is 4.68 Å². The Kier molecular flexibility index (Phi) is 3.79. The Morgan fingerprint density at radius 2 is 2.33 bits per heavy atom. The van der Waals surface area contributed by atoms with Crippen LogP contribution >= 0.6 is 0 Å². The van der Waals surface area contributed by atoms with E-state index in [1.54, 1.807) is 7.05 Å². The number of carbonyl (C=O) groups excluding carboxylic acids is 1. The van der Waals surface area contributed by atoms with Gasteiger partial charge in [0.2, 0.25) is 11.9 Å². The first kappa shape index (κ1) is 11.6. The van der Waals surface area contributed by atoms with E-state index in [1.165, 1.54) is 11.0 Å². The van der Waals surface area contributed by atoms with Crippen molar-refractivity contribution in [3.8, 4) is 0 Å². The quantitative estimate of drug-likeness (QED) is 0.733. The molecule has 84 valence electrons. The van der Waals surface area contributed by atoms with Crippen LogP contribution in [0.3, 0.4) is 0 Å². The third-order valence-corrected chi connectivity index (χ3v) is 2.34. The van der Waals surface area contributed by atoms with Crippen molar-refractivity contribution >= 4 is 11.9 Å². The molecule has 6 heteroatoms. The second-order valence-electron chi connectivity index (χ2n) is 3.78. The van der Waals surface area contributed by atoms with Gasteiger partial charge in [-0.1, -0.05) is 13.8 Å². The second-order valence-corrected chi connectivity index (χ2v) is 3.78. The predicted octanol–water partition coefficient (Wildman–Crippen LogP) is -0.0155. The number of amides is 1. The zero-order valence-electron chi connectivity index (χ0n) is 9.27. The zero-order chi connectivity index (χ0) is 11.4. The van der Waals surface area contributed by atoms with Crippen LogP contribution in [0, 0.1) is 11.8 Å². The Balaban J connectivity index is 2.66. The van der Waals surface area contributed by atoms with Gasteiger partial charge in [0, 0.05) is 13.6 Å². The lowest BCUT2D eigenvalue weighted by atomic mass is 9.95. The Hall–Kier alpha value is -1.43. The monoisotopic (exact) mass is 211 g/mol. The summed E-state index contributed by atoms with van der Waals surface area (Å²) in [5, 5.41) is 6.55. The number of anilines is 1. The van der Waals surface area contributed by atoms with Gasteiger partial charge in [-0.2, -0.15) is 10.1 Å². The molecule has 0 aliphatic carbocycles. The van der Waals surface area contributed by atoms with E-state index in [-0.39, 0.29) is 17.7 Å². The van der Waals surface area contributed by atoms with Gasteiger partial charge >= 0.3 is 0 Å². The molecule has 1 aromatic rings. The SMILES string of the molecule is CC(C)C(CN)C(=O)Nc1ncnn1C. The zero-order valence-corrected chi connectivity index (χ0v) is 9.27. The Morgan fingerprint density at radius 3 is 2.73 bits per heavy atom. The highest BCUT2D eigenvalue weighted by Crippen LogP contribution is 2.11. The van der Waals surface area contributed by atoms with E-state index in [1.807, 2.05) is 13.8 Å². The van der Waals surface area contributed by atoms with Crippen LogP contribution in [0.5, 0.6) is 0 Å². The van der Waals surface area contributed by atoms with E-state index in [0.29, 0.717) is 12.5 Å². The van der Waals surface area contributed by atoms with Gasteiger partial charge < -0.3 is 5.73 Å². The van der Waals surface area contributed by atoms with E-state index in [4.69, 9.17) is 5.73 Å². The second kappa shape index (κ2) is 4.88. The molecule has 15 heavy (non-hydrogen) atoms. The Bertz CT molecular complexity index is 333. The van der Waals surface area contributed by atoms with Gasteiger partial charge in [0.25, 0.3) is 0 Å². The van der Waals surface area contributed by atoms with Gasteiger partial charge in [-0.3, -0.25) is 10.1 Å². The molecule has 0 saturated carbocycles. The highest BCUT2D eigenvalue weighted by molar-refractivity contribution is 5.91. The maximum Gasteiger partial charge on any atom is 0.231 e. The number of nitrogens with two attached hydrogens (primary N) is 1. The van der Waals surface area contributed by atoms with E-state index in [9.17, 15) is 4.79 Å². The molecule has 1 aromatic heterocycles. The predicted molar refractivity (Wildman–Crippen MR) is 57.0 cm³/mol. The molecule has 0 radical (unpaired) electrons. The maximum atomic E-state index is 11.8. The molecule has 0 aliphatic heterocycles. The fourth-order valence-electron chi connectivity index (χ4n) is 1.29. The summed E-state index contributed by atoms with van der Waals surface area (Å²) in [6, 6.07) is 0. The molecule has 0 spiro atoms. The van der Waals surface area contributed by atoms with Crippen LogP contribution in [0.4, 0.5) is 5.95 Å². The van der Waals surface area contributed by atoms with Gasteiger partial charge in [0.1, 0.15) is 6.33 Å². The number of nitrogens with zero attached hydrogens (tertiary/aromatic N) is 3. The average molecular weight is 211 g/mol. The molecule has 0 saturated heterocycles. The Labute approximate surface area is 88.9 Å². The topological polar surface area (TPSA) is 85.8 Å². The van der Waals surface area contributed by atoms with Crippen molar-refractivity contribution in [2.45, 2.75) is 13.8 Å². The minimum Gasteiger partial charge on any atom is -0.330 e. The highest BCUT2D eigenvalue weighted by atomic mass is 16.2. The normalized spacial score (nSPS) is 12.9. The van der Waals surface area contributed by atoms with Crippen LogP contribution < -0.4 is 11.1 Å². The number of carbonyl (C=O) groups is 1. The standard InChI is InChI=1S/C9H17N5O/c1-6(2)7(4-10)8(15)13-9-11-5-12-14(9)3/h5-7H,4,10H2,1-3H3,(H,11,12,13,15). The van der Waals surface area contributed by atoms with Gasteiger partial charge in [-0.15, -0.1) is 0 Å². The third-order valence-electron chi connectivity index (χ3n) is 2.34. The highest BCUT2D eigenvalue weighted by Gasteiger charge is 2.21. The first-order valence-electron chi connectivity index (χ1n) is 4.91. The molecule has 0 aliphatic rings. The molecule has 1 atom stereocenters. The lowest BCUT2D eigenvalue weighted by Crippen LogP contribution is -2.33. The molecule has 1 unspecified atom stereocenters. The Morgan fingerprint density at radius 1 is 1.67 bits per heavy atom. The maximum absolute atomic E-state index is 11.8. The average Bonchev–Trinajstić information content (AvgIpc) is 2.52. The summed E-state index contributed by atoms with van der Waals surface area (Å²) in [4.78, 5) is 15.7. The van der Waals surface area contributed by atoms with E-state index >= 15 is 0 Å². The number of hydrogen-bond donors (Lipinski definition) is 2. The third kappa shape index (κ3) is 2.76. The minimum absolute atomic E-state index is 0.108. The summed E-state index contributed by atoms with van der Waals surface area (Å²) >= 11 is 0. The van der Waals surface area contributed by atoms with Gasteiger partial charge in [-0.05, 0) is 5.92 Å². The van der Waals surface area contributed by atoms with Crippen LogP contribution in [-0.4, -0.2) is 27.2 Å². The molecule has 1 heterocycles. The van der Waals surface area contributed by atoms with Crippen LogP contribution in [-0.2, 0) is 11.8 Å². The summed E-state index contributed by atoms with van der Waals surface area (Å²) in [5.74, 6) is 0.354. The molecular weight excluding hydrogens is 194 g/mol. The van der Waals surface area contributed by atoms with Gasteiger partial charge in [0.05, 0.1) is 5.92 Å². The van der Waals surface area contributed by atoms with Crippen molar-refractivity contribution in [1.29, 1.82) is 0 Å². The molecule has 0 bridgehead atoms. The van der Waals surface area contributed by atoms with Crippen molar-refractivity contribution < 1.29 is 4.79 Å². The molecular formula is C9H17N5O. The molecule has 0 aromatic carbocycles. The summed E-state index contributed by atoms with van der Waals surface area (Å²) in [5.41, 5.74) is 5.54. The first-order chi connectivity index (χ1) is 7.06. The summed E-state index contributed by atoms with van der Waals surface area (Å²) in [6.45, 7) is 4.27. The van der Waals surface area contributed by atoms with Crippen LogP contribution in [0.15, 0.2) is 6.33 Å². The summed E-state index contributed by atoms with van der Waals surface area (Å²) < 4.78 is 1.51. The molecule has 1 rings (SSSR count). The number of hydrogen-bond acceptors (Lipinski definition) is 4. The van der Waals surface area contributed by atoms with E-state index in [2.05, 4.69) is 15.4 Å². The molecule has 1 amide bonds. The lowest BCUT2D eigenvalue weighted by molar-refractivity contribution is -0.120. The van der Waals surface area contributed by atoms with E-state index < -0.39 is 0 Å². The number of aryl methyl sites for hydroxylation is 1. The van der Waals surface area contributed by atoms with Crippen LogP contribution in [0.2, 0.25) is 0 Å². The summed E-state index contributed by atoms with van der Waals surface area (Å²) in [6.07, 6.45) is 1.39. The molecule has 0 fully saturated rings. The van der Waals surface area contributed by atoms with Crippen LogP contribution in [0.1, 0.15) is 13.8 Å².